The first-order valence-corrected chi connectivity index (χ1v) is 42.4. The third-order valence-electron chi connectivity index (χ3n) is 14.0. The van der Waals surface area contributed by atoms with E-state index < -0.39 is 37.2 Å². The van der Waals surface area contributed by atoms with Gasteiger partial charge in [0, 0.05) is 75.4 Å². The van der Waals surface area contributed by atoms with Crippen molar-refractivity contribution >= 4 is 167 Å². The number of thioether (sulfide) groups is 4. The molecule has 4 atom stereocenters. The lowest BCUT2D eigenvalue weighted by Crippen LogP contribution is -2.26. The number of nitrogens with zero attached hydrogens (tertiary/aromatic N) is 8. The predicted octanol–water partition coefficient (Wildman–Crippen LogP) is 16.2. The number of hydrogen-bond donors (Lipinski definition) is 1. The van der Waals surface area contributed by atoms with Gasteiger partial charge in [-0.1, -0.05) is 103 Å². The second-order valence-corrected chi connectivity index (χ2v) is 37.3. The normalized spacial score (nSPS) is 19.5. The Labute approximate surface area is 614 Å². The average molecular weight is 1710 g/mol. The SMILES string of the molecule is BrB(Br)Br.C.CCOP(=O)(COS(=O)(=O)C(F)(F)F)OCC.CCOP(=O)(COc1ccc([C@H]2CN3CCSC3=N2)cc1)OCC.COc1ccc(C2CN3CCSC3=N2)cc1.COc1ccc([C@H]2CN3CCSC3=N2)cc1.ClCCl.Oc1ccc([C@H]2CN3CCSC3=N2)cc1. The summed E-state index contributed by atoms with van der Waals surface area (Å²) in [4.78, 5) is 28.3. The maximum absolute atomic E-state index is 12.4. The Morgan fingerprint density at radius 2 is 0.792 bits per heavy atom. The van der Waals surface area contributed by atoms with E-state index in [1.807, 2.05) is 108 Å². The Bertz CT molecular complexity index is 3260. The molecule has 0 aromatic heterocycles. The summed E-state index contributed by atoms with van der Waals surface area (Å²) in [5.74, 6) is 7.47. The fourth-order valence-corrected chi connectivity index (χ4v) is 17.4. The highest BCUT2D eigenvalue weighted by molar-refractivity contribution is 9.69. The van der Waals surface area contributed by atoms with Crippen molar-refractivity contribution in [2.75, 3.05) is 134 Å². The zero-order chi connectivity index (χ0) is 69.2. The molecule has 8 aliphatic heterocycles. The van der Waals surface area contributed by atoms with E-state index in [2.05, 4.69) is 109 Å². The lowest BCUT2D eigenvalue weighted by Gasteiger charge is -2.17. The molecule has 12 rings (SSSR count). The number of aliphatic imine (C=N–C) groups is 4. The molecule has 4 fully saturated rings. The average Bonchev–Trinajstić information content (AvgIpc) is 1.74. The van der Waals surface area contributed by atoms with Crippen molar-refractivity contribution in [2.24, 2.45) is 20.0 Å². The second-order valence-electron chi connectivity index (χ2n) is 20.3. The molecule has 21 nitrogen and oxygen atoms in total. The summed E-state index contributed by atoms with van der Waals surface area (Å²) >= 11 is 26.2. The molecule has 0 aliphatic carbocycles. The summed E-state index contributed by atoms with van der Waals surface area (Å²) in [5, 5.41) is 14.2. The van der Waals surface area contributed by atoms with Gasteiger partial charge >= 0.3 is 34.0 Å². The van der Waals surface area contributed by atoms with Gasteiger partial charge in [-0.15, -0.1) is 70.5 Å². The molecular weight excluding hydrogens is 1630 g/mol. The van der Waals surface area contributed by atoms with Crippen molar-refractivity contribution in [3.8, 4) is 23.0 Å². The molecule has 534 valence electrons. The molecule has 0 bridgehead atoms. The van der Waals surface area contributed by atoms with E-state index in [0.717, 1.165) is 74.8 Å². The Morgan fingerprint density at radius 3 is 1.04 bits per heavy atom. The van der Waals surface area contributed by atoms with Gasteiger partial charge in [-0.05, 0) is 98.5 Å². The molecule has 4 aromatic carbocycles. The lowest BCUT2D eigenvalue weighted by molar-refractivity contribution is -0.0534. The number of methoxy groups -OCH3 is 2. The van der Waals surface area contributed by atoms with E-state index in [1.54, 1.807) is 40.2 Å². The summed E-state index contributed by atoms with van der Waals surface area (Å²) in [7, 11) is -9.59. The van der Waals surface area contributed by atoms with Crippen molar-refractivity contribution in [1.82, 2.24) is 19.6 Å². The van der Waals surface area contributed by atoms with Crippen LogP contribution in [0.3, 0.4) is 0 Å². The highest BCUT2D eigenvalue weighted by Gasteiger charge is 2.49. The van der Waals surface area contributed by atoms with Crippen LogP contribution >= 0.6 is 133 Å². The minimum absolute atomic E-state index is 0. The van der Waals surface area contributed by atoms with Crippen LogP contribution in [0.1, 0.15) is 81.5 Å². The third kappa shape index (κ3) is 26.7. The molecule has 96 heavy (non-hydrogen) atoms. The van der Waals surface area contributed by atoms with Crippen molar-refractivity contribution in [3.63, 3.8) is 0 Å². The highest BCUT2D eigenvalue weighted by atomic mass is 79.9. The first-order valence-electron chi connectivity index (χ1n) is 29.8. The molecule has 8 heterocycles. The fraction of sp³-hybridized carbons (Fsp3) is 0.525. The third-order valence-corrected chi connectivity index (χ3v) is 22.7. The highest BCUT2D eigenvalue weighted by Crippen LogP contribution is 2.50. The smallest absolute Gasteiger partial charge is 0.508 e. The first kappa shape index (κ1) is 84.1. The van der Waals surface area contributed by atoms with Crippen molar-refractivity contribution in [1.29, 1.82) is 0 Å². The van der Waals surface area contributed by atoms with Crippen LogP contribution in [-0.4, -0.2) is 197 Å². The van der Waals surface area contributed by atoms with E-state index in [9.17, 15) is 35.8 Å². The number of halogens is 8. The van der Waals surface area contributed by atoms with Gasteiger partial charge in [-0.2, -0.15) is 21.6 Å². The summed E-state index contributed by atoms with van der Waals surface area (Å²) in [6.07, 6.45) is -1.39. The summed E-state index contributed by atoms with van der Waals surface area (Å²) in [6, 6.07) is 32.7. The lowest BCUT2D eigenvalue weighted by atomic mass is 10.1. The number of phenols is 1. The van der Waals surface area contributed by atoms with E-state index in [-0.39, 0.29) is 47.6 Å². The molecule has 8 aliphatic rings. The molecule has 0 radical (unpaired) electrons. The quantitative estimate of drug-likeness (QED) is 0.0285. The predicted molar refractivity (Wildman–Crippen MR) is 401 cm³/mol. The molecule has 0 saturated carbocycles. The van der Waals surface area contributed by atoms with Crippen LogP contribution in [-0.2, 0) is 41.5 Å². The van der Waals surface area contributed by atoms with Gasteiger partial charge in [0.2, 0.25) is 0 Å². The molecule has 4 saturated heterocycles. The van der Waals surface area contributed by atoms with Crippen molar-refractivity contribution < 1.29 is 72.3 Å². The van der Waals surface area contributed by atoms with Crippen LogP contribution < -0.4 is 14.2 Å². The zero-order valence-electron chi connectivity index (χ0n) is 52.9. The van der Waals surface area contributed by atoms with E-state index in [1.165, 1.54) is 68.9 Å². The minimum atomic E-state index is -5.80. The van der Waals surface area contributed by atoms with Crippen LogP contribution in [0, 0.1) is 0 Å². The van der Waals surface area contributed by atoms with E-state index in [0.29, 0.717) is 36.8 Å². The second kappa shape index (κ2) is 42.1. The number of fused-ring (bicyclic) bond motifs is 4. The molecule has 1 N–H and O–H groups in total. The molecule has 37 heteroatoms. The van der Waals surface area contributed by atoms with Gasteiger partial charge in [-0.3, -0.25) is 33.3 Å². The maximum Gasteiger partial charge on any atom is 0.523 e. The van der Waals surface area contributed by atoms with Crippen LogP contribution in [0.25, 0.3) is 0 Å². The molecule has 0 amide bonds. The number of phenolic OH excluding ortho intramolecular Hbond substituents is 1. The number of hydrogen-bond acceptors (Lipinski definition) is 25. The van der Waals surface area contributed by atoms with E-state index in [4.69, 9.17) is 61.4 Å². The van der Waals surface area contributed by atoms with Gasteiger partial charge in [0.05, 0.1) is 70.2 Å². The number of benzene rings is 4. The summed E-state index contributed by atoms with van der Waals surface area (Å²) in [5.41, 5.74) is -0.652. The number of ether oxygens (including phenoxy) is 3. The van der Waals surface area contributed by atoms with Gasteiger partial charge < -0.3 is 57.0 Å². The molecular formula is C59H81BBr3Cl2F3N8O13P2S5. The summed E-state index contributed by atoms with van der Waals surface area (Å²) in [6.45, 7) is 15.4. The van der Waals surface area contributed by atoms with Gasteiger partial charge in [0.25, 0.3) is 0 Å². The van der Waals surface area contributed by atoms with Crippen molar-refractivity contribution in [2.45, 2.75) is 64.8 Å². The summed E-state index contributed by atoms with van der Waals surface area (Å²) < 4.78 is 120. The van der Waals surface area contributed by atoms with Gasteiger partial charge in [0.15, 0.2) is 33.4 Å². The standard InChI is InChI=1S/C16H23N2O4PS.2C12H14N2OS.C11H12N2OS.C6H12F3O6PS.CH2Cl2.CH4.BBr3/c1-3-21-23(19,22-4-2)12-20-14-7-5-13(6-8-14)15-11-18-9-10-24-16(18)17-15;2*1-15-10-4-2-9(3-5-10)11-8-14-6-7-16-12(14)13-11;14-9-3-1-8(2-4-9)10-7-13-5-6-15-11(13)12-10;1-3-13-16(10,14-4-2)5-15-17(11,12)6(7,8)9;2-1-3;;2-1(3)4/h5-8,15H,3-4,9-12H2,1-2H3;2*2-5,11H,6-8H2,1H3;1-4,10,14H,5-7H2;3-5H2,1-2H3;1H2;1H4;/t15-;11-;;10-;;;;/m11.1..../s1. The molecule has 1 unspecified atom stereocenters. The Balaban J connectivity index is 0.000000213. The van der Waals surface area contributed by atoms with Crippen molar-refractivity contribution in [3.05, 3.63) is 119 Å². The fourth-order valence-electron chi connectivity index (χ4n) is 9.64. The van der Waals surface area contributed by atoms with Crippen LogP contribution in [0.5, 0.6) is 23.0 Å². The number of aromatic hydroxyl groups is 1. The minimum Gasteiger partial charge on any atom is -0.508 e. The Hall–Kier alpha value is -2.56. The number of rotatable bonds is 20. The van der Waals surface area contributed by atoms with Gasteiger partial charge in [-0.25, -0.2) is 0 Å². The van der Waals surface area contributed by atoms with Crippen LogP contribution in [0.4, 0.5) is 13.2 Å². The number of amidine groups is 4. The first-order chi connectivity index (χ1) is 45.4. The Morgan fingerprint density at radius 1 is 0.531 bits per heavy atom. The molecule has 4 aromatic rings. The topological polar surface area (TPSA) is 225 Å². The molecule has 0 spiro atoms. The monoisotopic (exact) mass is 1710 g/mol. The van der Waals surface area contributed by atoms with Gasteiger partial charge in [0.1, 0.15) is 23.0 Å². The van der Waals surface area contributed by atoms with Crippen LogP contribution in [0.2, 0.25) is 0 Å². The number of alkyl halides is 5. The largest absolute Gasteiger partial charge is 0.523 e. The maximum atomic E-state index is 12.4. The Kier molecular flexibility index (Phi) is 36.9. The van der Waals surface area contributed by atoms with E-state index >= 15 is 0 Å². The van der Waals surface area contributed by atoms with Crippen LogP contribution in [0.15, 0.2) is 117 Å². The zero-order valence-corrected chi connectivity index (χ0v) is 65.1.